The van der Waals surface area contributed by atoms with Gasteiger partial charge in [-0.05, 0) is 36.3 Å². The molecule has 1 saturated heterocycles. The number of hydrogen-bond donors (Lipinski definition) is 2. The summed E-state index contributed by atoms with van der Waals surface area (Å²) in [6, 6.07) is 12.9. The molecule has 156 valence electrons. The number of benzene rings is 1. The highest BCUT2D eigenvalue weighted by molar-refractivity contribution is 8.26. The number of furan rings is 1. The van der Waals surface area contributed by atoms with Crippen LogP contribution in [-0.2, 0) is 16.0 Å². The predicted molar refractivity (Wildman–Crippen MR) is 122 cm³/mol. The van der Waals surface area contributed by atoms with Crippen molar-refractivity contribution in [3.05, 3.63) is 77.1 Å². The highest BCUT2D eigenvalue weighted by atomic mass is 32.2. The molecule has 0 saturated carbocycles. The summed E-state index contributed by atoms with van der Waals surface area (Å²) in [4.78, 5) is 26.8. The molecule has 2 heterocycles. The van der Waals surface area contributed by atoms with Crippen LogP contribution in [0.2, 0.25) is 0 Å². The first kappa shape index (κ1) is 22.0. The van der Waals surface area contributed by atoms with Crippen molar-refractivity contribution in [2.24, 2.45) is 0 Å². The van der Waals surface area contributed by atoms with Gasteiger partial charge in [0.1, 0.15) is 10.1 Å². The number of allylic oxidation sites excluding steroid dienone is 2. The summed E-state index contributed by atoms with van der Waals surface area (Å²) < 4.78 is 5.63. The van der Waals surface area contributed by atoms with Gasteiger partial charge in [0.15, 0.2) is 0 Å². The van der Waals surface area contributed by atoms with Crippen molar-refractivity contribution < 1.29 is 19.1 Å². The number of aliphatic hydroxyl groups is 1. The van der Waals surface area contributed by atoms with E-state index in [2.05, 4.69) is 5.32 Å². The molecule has 6 nitrogen and oxygen atoms in total. The average Bonchev–Trinajstić information content (AvgIpc) is 3.35. The molecule has 30 heavy (non-hydrogen) atoms. The molecule has 8 heteroatoms. The fourth-order valence-corrected chi connectivity index (χ4v) is 4.16. The number of aliphatic hydroxyl groups excluding tert-OH is 1. The van der Waals surface area contributed by atoms with Gasteiger partial charge in [-0.15, -0.1) is 0 Å². The van der Waals surface area contributed by atoms with Crippen LogP contribution in [0, 0.1) is 0 Å². The second-order valence-corrected chi connectivity index (χ2v) is 8.29. The number of nitrogens with zero attached hydrogens (tertiary/aromatic N) is 1. The number of nitrogens with one attached hydrogen (secondary N) is 1. The van der Waals surface area contributed by atoms with E-state index in [1.807, 2.05) is 36.4 Å². The van der Waals surface area contributed by atoms with Gasteiger partial charge in [0.25, 0.3) is 5.91 Å². The Morgan fingerprint density at radius 3 is 2.77 bits per heavy atom. The maximum Gasteiger partial charge on any atom is 0.266 e. The Morgan fingerprint density at radius 1 is 1.27 bits per heavy atom. The summed E-state index contributed by atoms with van der Waals surface area (Å²) in [6.45, 7) is 0.0334. The van der Waals surface area contributed by atoms with Crippen molar-refractivity contribution in [2.75, 3.05) is 13.2 Å². The number of amides is 2. The molecular weight excluding hydrogens is 420 g/mol. The zero-order chi connectivity index (χ0) is 21.3. The number of thiocarbonyl (C=S) groups is 1. The number of carbonyl (C=O) groups excluding carboxylic acids is 2. The summed E-state index contributed by atoms with van der Waals surface area (Å²) in [5.41, 5.74) is 1.03. The molecule has 1 aromatic carbocycles. The highest BCUT2D eigenvalue weighted by Crippen LogP contribution is 2.31. The number of thioether (sulfide) groups is 1. The molecule has 0 aliphatic carbocycles. The molecule has 2 amide bonds. The van der Waals surface area contributed by atoms with Crippen molar-refractivity contribution >= 4 is 46.2 Å². The lowest BCUT2D eigenvalue weighted by Crippen LogP contribution is -2.41. The zero-order valence-corrected chi connectivity index (χ0v) is 17.8. The standard InChI is InChI=1S/C22H22N2O4S2/c25-15-17(14-16-6-2-1-3-7-16)23-20(26)11-12-24-21(27)19(30-22(24)29)10-4-8-18-9-5-13-28-18/h1-10,13,17,25H,11-12,14-15H2,(H,23,26)/t17-/m1/s1. The van der Waals surface area contributed by atoms with Crippen LogP contribution < -0.4 is 5.32 Å². The Balaban J connectivity index is 1.50. The minimum Gasteiger partial charge on any atom is -0.465 e. The van der Waals surface area contributed by atoms with Gasteiger partial charge in [-0.25, -0.2) is 0 Å². The summed E-state index contributed by atoms with van der Waals surface area (Å²) in [5.74, 6) is 0.234. The maximum atomic E-state index is 12.6. The van der Waals surface area contributed by atoms with Gasteiger partial charge in [0.05, 0.1) is 23.8 Å². The Morgan fingerprint density at radius 2 is 2.07 bits per heavy atom. The van der Waals surface area contributed by atoms with Crippen molar-refractivity contribution in [3.8, 4) is 0 Å². The van der Waals surface area contributed by atoms with Crippen LogP contribution in [0.15, 0.2) is 70.2 Å². The first-order valence-corrected chi connectivity index (χ1v) is 10.7. The topological polar surface area (TPSA) is 82.8 Å². The third-order valence-corrected chi connectivity index (χ3v) is 5.79. The second kappa shape index (κ2) is 10.9. The van der Waals surface area contributed by atoms with Crippen molar-refractivity contribution in [3.63, 3.8) is 0 Å². The average molecular weight is 443 g/mol. The predicted octanol–water partition coefficient (Wildman–Crippen LogP) is 3.15. The van der Waals surface area contributed by atoms with Gasteiger partial charge in [0.2, 0.25) is 5.91 Å². The smallest absolute Gasteiger partial charge is 0.266 e. The van der Waals surface area contributed by atoms with E-state index in [1.54, 1.807) is 30.6 Å². The van der Waals surface area contributed by atoms with Crippen LogP contribution >= 0.6 is 24.0 Å². The molecule has 0 unspecified atom stereocenters. The van der Waals surface area contributed by atoms with Crippen LogP contribution in [0.1, 0.15) is 17.7 Å². The Bertz CT molecular complexity index is 939. The van der Waals surface area contributed by atoms with E-state index in [0.717, 1.165) is 5.56 Å². The van der Waals surface area contributed by atoms with Gasteiger partial charge in [-0.3, -0.25) is 14.5 Å². The van der Waals surface area contributed by atoms with E-state index in [0.29, 0.717) is 21.4 Å². The molecule has 1 aromatic heterocycles. The molecule has 0 spiro atoms. The van der Waals surface area contributed by atoms with Gasteiger partial charge in [0, 0.05) is 13.0 Å². The van der Waals surface area contributed by atoms with E-state index < -0.39 is 0 Å². The van der Waals surface area contributed by atoms with Crippen LogP contribution in [0.4, 0.5) is 0 Å². The van der Waals surface area contributed by atoms with Crippen molar-refractivity contribution in [2.45, 2.75) is 18.9 Å². The number of rotatable bonds is 9. The quantitative estimate of drug-likeness (QED) is 0.459. The lowest BCUT2D eigenvalue weighted by atomic mass is 10.1. The minimum atomic E-state index is -0.377. The van der Waals surface area contributed by atoms with Crippen molar-refractivity contribution in [1.82, 2.24) is 10.2 Å². The molecule has 1 aliphatic rings. The van der Waals surface area contributed by atoms with Crippen molar-refractivity contribution in [1.29, 1.82) is 0 Å². The molecule has 0 radical (unpaired) electrons. The van der Waals surface area contributed by atoms with E-state index in [9.17, 15) is 14.7 Å². The molecular formula is C22H22N2O4S2. The maximum absolute atomic E-state index is 12.6. The molecule has 2 N–H and O–H groups in total. The Hall–Kier alpha value is -2.68. The molecule has 0 bridgehead atoms. The van der Waals surface area contributed by atoms with Gasteiger partial charge in [-0.1, -0.05) is 60.4 Å². The normalized spacial score (nSPS) is 16.6. The number of carbonyl (C=O) groups is 2. The summed E-state index contributed by atoms with van der Waals surface area (Å²) in [6.07, 6.45) is 7.38. The van der Waals surface area contributed by atoms with Crippen LogP contribution in [0.25, 0.3) is 6.08 Å². The van der Waals surface area contributed by atoms with Gasteiger partial charge >= 0.3 is 0 Å². The van der Waals surface area contributed by atoms with E-state index in [4.69, 9.17) is 16.6 Å². The van der Waals surface area contributed by atoms with Gasteiger partial charge in [-0.2, -0.15) is 0 Å². The lowest BCUT2D eigenvalue weighted by molar-refractivity contribution is -0.124. The van der Waals surface area contributed by atoms with E-state index >= 15 is 0 Å². The van der Waals surface area contributed by atoms with Gasteiger partial charge < -0.3 is 14.8 Å². The minimum absolute atomic E-state index is 0.104. The first-order chi connectivity index (χ1) is 14.6. The molecule has 1 atom stereocenters. The zero-order valence-electron chi connectivity index (χ0n) is 16.2. The highest BCUT2D eigenvalue weighted by Gasteiger charge is 2.31. The van der Waals surface area contributed by atoms with E-state index in [-0.39, 0.29) is 37.4 Å². The van der Waals surface area contributed by atoms with Crippen LogP contribution in [-0.4, -0.2) is 45.3 Å². The van der Waals surface area contributed by atoms with E-state index in [1.165, 1.54) is 16.7 Å². The largest absolute Gasteiger partial charge is 0.465 e. The molecule has 3 rings (SSSR count). The summed E-state index contributed by atoms with van der Waals surface area (Å²) in [5, 5.41) is 12.4. The monoisotopic (exact) mass is 442 g/mol. The second-order valence-electron chi connectivity index (χ2n) is 6.62. The summed E-state index contributed by atoms with van der Waals surface area (Å²) in [7, 11) is 0. The molecule has 1 aliphatic heterocycles. The number of hydrogen-bond acceptors (Lipinski definition) is 6. The fraction of sp³-hybridized carbons (Fsp3) is 0.227. The fourth-order valence-electron chi connectivity index (χ4n) is 2.90. The SMILES string of the molecule is O=C(CCN1C(=O)C(=CC=Cc2ccco2)SC1=S)N[C@@H](CO)Cc1ccccc1. The van der Waals surface area contributed by atoms with Crippen LogP contribution in [0.5, 0.6) is 0 Å². The first-order valence-electron chi connectivity index (χ1n) is 9.46. The molecule has 2 aromatic rings. The Kier molecular flexibility index (Phi) is 8.01. The molecule has 1 fully saturated rings. The Labute approximate surface area is 184 Å². The third kappa shape index (κ3) is 6.16. The third-order valence-electron chi connectivity index (χ3n) is 4.40. The summed E-state index contributed by atoms with van der Waals surface area (Å²) >= 11 is 6.49. The van der Waals surface area contributed by atoms with Crippen LogP contribution in [0.3, 0.4) is 0 Å². The lowest BCUT2D eigenvalue weighted by Gasteiger charge is -2.18.